The smallest absolute Gasteiger partial charge is 0.164 e. The Balaban J connectivity index is 0.979. The van der Waals surface area contributed by atoms with Gasteiger partial charge in [0.1, 0.15) is 11.2 Å². The normalized spacial score (nSPS) is 12.0. The fourth-order valence-corrected chi connectivity index (χ4v) is 11.9. The van der Waals surface area contributed by atoms with Crippen molar-refractivity contribution in [1.29, 1.82) is 0 Å². The molecule has 0 radical (unpaired) electrons. The lowest BCUT2D eigenvalue weighted by atomic mass is 9.98. The molecule has 12 aromatic carbocycles. The lowest BCUT2D eigenvalue weighted by molar-refractivity contribution is 0.668. The third kappa shape index (κ3) is 6.36. The van der Waals surface area contributed by atoms with Gasteiger partial charge in [-0.3, -0.25) is 0 Å². The van der Waals surface area contributed by atoms with Gasteiger partial charge in [-0.2, -0.15) is 0 Å². The van der Waals surface area contributed by atoms with Crippen LogP contribution in [0.25, 0.3) is 155 Å². The van der Waals surface area contributed by atoms with E-state index in [9.17, 15) is 0 Å². The van der Waals surface area contributed by atoms with E-state index in [0.717, 1.165) is 105 Å². The predicted molar refractivity (Wildman–Crippen MR) is 310 cm³/mol. The number of para-hydroxylation sites is 2. The van der Waals surface area contributed by atoms with Gasteiger partial charge in [-0.15, -0.1) is 0 Å². The predicted octanol–water partition coefficient (Wildman–Crippen LogP) is 18.1. The van der Waals surface area contributed by atoms with Gasteiger partial charge in [-0.05, 0) is 87.1 Å². The molecule has 6 nitrogen and oxygen atoms in total. The number of fused-ring (bicyclic) bond motifs is 13. The number of hydrogen-bond acceptors (Lipinski definition) is 4. The van der Waals surface area contributed by atoms with Crippen LogP contribution in [0.15, 0.2) is 253 Å². The fourth-order valence-electron chi connectivity index (χ4n) is 11.9. The lowest BCUT2D eigenvalue weighted by Crippen LogP contribution is -2.01. The molecule has 0 spiro atoms. The Hall–Kier alpha value is -10.2. The minimum Gasteiger partial charge on any atom is -0.456 e. The zero-order chi connectivity index (χ0) is 49.1. The van der Waals surface area contributed by atoms with E-state index in [4.69, 9.17) is 19.4 Å². The number of hydrogen-bond donors (Lipinski definition) is 0. The lowest BCUT2D eigenvalue weighted by Gasteiger charge is -2.16. The van der Waals surface area contributed by atoms with E-state index < -0.39 is 0 Å². The molecule has 0 amide bonds. The summed E-state index contributed by atoms with van der Waals surface area (Å²) in [4.78, 5) is 16.3. The summed E-state index contributed by atoms with van der Waals surface area (Å²) >= 11 is 0. The van der Waals surface area contributed by atoms with E-state index in [-0.39, 0.29) is 0 Å². The Morgan fingerprint density at radius 2 is 0.907 bits per heavy atom. The fraction of sp³-hybridized carbons (Fsp3) is 0. The summed E-state index contributed by atoms with van der Waals surface area (Å²) in [6, 6.07) is 88.7. The number of aromatic nitrogens is 5. The molecule has 0 bridgehead atoms. The summed E-state index contributed by atoms with van der Waals surface area (Å²) in [5, 5.41) is 13.6. The van der Waals surface area contributed by atoms with Crippen molar-refractivity contribution in [2.45, 2.75) is 0 Å². The van der Waals surface area contributed by atoms with Crippen molar-refractivity contribution in [2.24, 2.45) is 0 Å². The van der Waals surface area contributed by atoms with E-state index in [1.54, 1.807) is 0 Å². The van der Waals surface area contributed by atoms with Crippen LogP contribution in [0.2, 0.25) is 0 Å². The minimum atomic E-state index is 0.561. The van der Waals surface area contributed by atoms with Crippen molar-refractivity contribution < 1.29 is 4.42 Å². The summed E-state index contributed by atoms with van der Waals surface area (Å²) in [5.41, 5.74) is 13.0. The Bertz CT molecular complexity index is 5010. The van der Waals surface area contributed by atoms with Gasteiger partial charge in [0.2, 0.25) is 0 Å². The van der Waals surface area contributed by atoms with E-state index in [2.05, 4.69) is 258 Å². The summed E-state index contributed by atoms with van der Waals surface area (Å²) in [7, 11) is 0. The molecule has 75 heavy (non-hydrogen) atoms. The second kappa shape index (κ2) is 16.2. The molecular weight excluding hydrogens is 915 g/mol. The third-order valence-corrected chi connectivity index (χ3v) is 15.3. The van der Waals surface area contributed by atoms with Crippen molar-refractivity contribution >= 4 is 97.9 Å². The highest BCUT2D eigenvalue weighted by Gasteiger charge is 2.25. The molecule has 0 saturated carbocycles. The summed E-state index contributed by atoms with van der Waals surface area (Å²) in [6.07, 6.45) is 0. The largest absolute Gasteiger partial charge is 0.456 e. The molecule has 0 N–H and O–H groups in total. The maximum atomic E-state index is 7.07. The summed E-state index contributed by atoms with van der Waals surface area (Å²) < 4.78 is 11.9. The van der Waals surface area contributed by atoms with Crippen LogP contribution < -0.4 is 0 Å². The maximum absolute atomic E-state index is 7.07. The van der Waals surface area contributed by atoms with Crippen molar-refractivity contribution in [1.82, 2.24) is 24.1 Å². The first kappa shape index (κ1) is 41.4. The molecule has 0 unspecified atom stereocenters. The second-order valence-corrected chi connectivity index (χ2v) is 19.5. The summed E-state index contributed by atoms with van der Waals surface area (Å²) in [6.45, 7) is 0. The van der Waals surface area contributed by atoms with Gasteiger partial charge in [0.15, 0.2) is 17.5 Å². The standard InChI is InChI=1S/C69H41N5O/c1-3-18-43(19-4-1)55-40-57-63(41-61(55)74-60-39-47-23-10-9-22-46(47)38-56(60)51-36-35-44-20-11-12-26-50(44)66(51)74)75-62-32-16-29-54(65(57)62)69-71-67(48-34-33-42-17-7-8-21-45(42)37-48)70-68(72-69)53-28-15-31-59-64(53)52-27-13-14-30-58(52)73(59)49-24-5-2-6-25-49/h1-41H. The highest BCUT2D eigenvalue weighted by atomic mass is 16.3. The van der Waals surface area contributed by atoms with Crippen LogP contribution >= 0.6 is 0 Å². The molecule has 0 aliphatic heterocycles. The topological polar surface area (TPSA) is 61.7 Å². The number of benzene rings is 12. The summed E-state index contributed by atoms with van der Waals surface area (Å²) in [5.74, 6) is 1.74. The highest BCUT2D eigenvalue weighted by molar-refractivity contribution is 6.22. The average Bonchev–Trinajstić information content (AvgIpc) is 4.15. The zero-order valence-electron chi connectivity index (χ0n) is 40.3. The van der Waals surface area contributed by atoms with E-state index in [1.807, 2.05) is 0 Å². The molecular formula is C69H41N5O. The molecule has 0 aliphatic carbocycles. The quantitative estimate of drug-likeness (QED) is 0.167. The first-order valence-corrected chi connectivity index (χ1v) is 25.4. The van der Waals surface area contributed by atoms with Gasteiger partial charge in [-0.25, -0.2) is 15.0 Å². The van der Waals surface area contributed by atoms with E-state index >= 15 is 0 Å². The number of nitrogens with zero attached hydrogens (tertiary/aromatic N) is 5. The van der Waals surface area contributed by atoms with Crippen molar-refractivity contribution in [3.63, 3.8) is 0 Å². The Labute approximate surface area is 429 Å². The van der Waals surface area contributed by atoms with Crippen LogP contribution in [0.5, 0.6) is 0 Å². The Morgan fingerprint density at radius 3 is 1.71 bits per heavy atom. The van der Waals surface area contributed by atoms with Crippen molar-refractivity contribution in [2.75, 3.05) is 0 Å². The molecule has 4 aromatic heterocycles. The van der Waals surface area contributed by atoms with Gasteiger partial charge in [-0.1, -0.05) is 188 Å². The van der Waals surface area contributed by atoms with E-state index in [0.29, 0.717) is 17.5 Å². The molecule has 6 heteroatoms. The number of furan rings is 1. The zero-order valence-corrected chi connectivity index (χ0v) is 40.3. The maximum Gasteiger partial charge on any atom is 0.164 e. The van der Waals surface area contributed by atoms with Crippen LogP contribution in [0.3, 0.4) is 0 Å². The molecule has 0 fully saturated rings. The molecule has 0 atom stereocenters. The SMILES string of the molecule is c1ccc(-c2cc3c(cc2-n2c4cc5ccccc5cc4c4ccc5ccccc5c42)oc2cccc(-c4nc(-c5ccc6ccccc6c5)nc(-c5cccc6c5c5ccccc5n6-c5ccccc5)n4)c23)cc1. The minimum absolute atomic E-state index is 0.561. The first-order valence-electron chi connectivity index (χ1n) is 25.4. The molecule has 348 valence electrons. The van der Waals surface area contributed by atoms with E-state index in [1.165, 1.54) is 32.3 Å². The Morgan fingerprint density at radius 1 is 0.293 bits per heavy atom. The monoisotopic (exact) mass is 955 g/mol. The van der Waals surface area contributed by atoms with Gasteiger partial charge >= 0.3 is 0 Å². The van der Waals surface area contributed by atoms with Gasteiger partial charge in [0, 0.05) is 71.7 Å². The van der Waals surface area contributed by atoms with Gasteiger partial charge in [0.25, 0.3) is 0 Å². The first-order chi connectivity index (χ1) is 37.2. The van der Waals surface area contributed by atoms with Gasteiger partial charge < -0.3 is 13.6 Å². The number of rotatable bonds is 6. The molecule has 16 rings (SSSR count). The Kier molecular flexibility index (Phi) is 8.94. The highest BCUT2D eigenvalue weighted by Crippen LogP contribution is 2.46. The third-order valence-electron chi connectivity index (χ3n) is 15.3. The molecule has 4 heterocycles. The van der Waals surface area contributed by atoms with Crippen LogP contribution in [-0.4, -0.2) is 24.1 Å². The average molecular weight is 956 g/mol. The van der Waals surface area contributed by atoms with Crippen molar-refractivity contribution in [3.8, 4) is 56.7 Å². The molecule has 0 saturated heterocycles. The van der Waals surface area contributed by atoms with Crippen LogP contribution in [0.1, 0.15) is 0 Å². The van der Waals surface area contributed by atoms with Crippen molar-refractivity contribution in [3.05, 3.63) is 249 Å². The molecule has 0 aliphatic rings. The van der Waals surface area contributed by atoms with Gasteiger partial charge in [0.05, 0.1) is 27.8 Å². The molecule has 16 aromatic rings. The van der Waals surface area contributed by atoms with Crippen LogP contribution in [0, 0.1) is 0 Å². The second-order valence-electron chi connectivity index (χ2n) is 19.5. The van der Waals surface area contributed by atoms with Crippen LogP contribution in [0.4, 0.5) is 0 Å². The van der Waals surface area contributed by atoms with Crippen LogP contribution in [-0.2, 0) is 0 Å².